The van der Waals surface area contributed by atoms with Gasteiger partial charge in [-0.05, 0) is 0 Å². The molecule has 2 heterocycles. The first kappa shape index (κ1) is 12.6. The molecule has 0 aliphatic heterocycles. The standard InChI is InChI=1S/C10H11ClN4O3/c1-3-6-13-7(18-14-6)4-15-5-12-9(11)8(17-2)10(15)16/h5H,3-4H2,1-2H3. The third-order valence-electron chi connectivity index (χ3n) is 2.29. The van der Waals surface area contributed by atoms with Crippen LogP contribution >= 0.6 is 11.6 Å². The highest BCUT2D eigenvalue weighted by Gasteiger charge is 2.13. The molecule has 0 bridgehead atoms. The molecule has 0 aliphatic rings. The third-order valence-corrected chi connectivity index (χ3v) is 2.56. The lowest BCUT2D eigenvalue weighted by Crippen LogP contribution is -2.22. The monoisotopic (exact) mass is 270 g/mol. The van der Waals surface area contributed by atoms with E-state index in [2.05, 4.69) is 15.1 Å². The summed E-state index contributed by atoms with van der Waals surface area (Å²) < 4.78 is 11.2. The van der Waals surface area contributed by atoms with Crippen molar-refractivity contribution < 1.29 is 9.26 Å². The van der Waals surface area contributed by atoms with Crippen LogP contribution in [-0.2, 0) is 13.0 Å². The van der Waals surface area contributed by atoms with E-state index in [1.807, 2.05) is 6.92 Å². The van der Waals surface area contributed by atoms with E-state index in [0.717, 1.165) is 0 Å². The summed E-state index contributed by atoms with van der Waals surface area (Å²) >= 11 is 5.73. The van der Waals surface area contributed by atoms with Gasteiger partial charge in [0.15, 0.2) is 11.0 Å². The zero-order valence-electron chi connectivity index (χ0n) is 9.88. The number of hydrogen-bond acceptors (Lipinski definition) is 6. The Balaban J connectivity index is 2.32. The van der Waals surface area contributed by atoms with Gasteiger partial charge in [-0.1, -0.05) is 23.7 Å². The summed E-state index contributed by atoms with van der Waals surface area (Å²) in [4.78, 5) is 19.9. The highest BCUT2D eigenvalue weighted by molar-refractivity contribution is 6.30. The predicted octanol–water partition coefficient (Wildman–Crippen LogP) is 0.899. The largest absolute Gasteiger partial charge is 0.489 e. The molecule has 0 atom stereocenters. The molecule has 0 radical (unpaired) electrons. The van der Waals surface area contributed by atoms with Crippen LogP contribution in [0.25, 0.3) is 0 Å². The first-order valence-corrected chi connectivity index (χ1v) is 5.64. The smallest absolute Gasteiger partial charge is 0.297 e. The number of ether oxygens (including phenoxy) is 1. The minimum absolute atomic E-state index is 0.00519. The molecule has 7 nitrogen and oxygen atoms in total. The second-order valence-electron chi connectivity index (χ2n) is 3.46. The molecule has 2 aromatic rings. The quantitative estimate of drug-likeness (QED) is 0.768. The summed E-state index contributed by atoms with van der Waals surface area (Å²) in [5, 5.41) is 3.77. The first-order chi connectivity index (χ1) is 8.65. The molecule has 18 heavy (non-hydrogen) atoms. The van der Waals surface area contributed by atoms with Crippen LogP contribution in [0.2, 0.25) is 5.15 Å². The summed E-state index contributed by atoms with van der Waals surface area (Å²) in [6.45, 7) is 2.04. The Morgan fingerprint density at radius 1 is 1.56 bits per heavy atom. The Labute approximate surface area is 107 Å². The minimum Gasteiger partial charge on any atom is -0.489 e. The van der Waals surface area contributed by atoms with E-state index < -0.39 is 5.56 Å². The highest BCUT2D eigenvalue weighted by Crippen LogP contribution is 2.15. The van der Waals surface area contributed by atoms with E-state index in [-0.39, 0.29) is 17.4 Å². The molecule has 0 fully saturated rings. The Hall–Kier alpha value is -1.89. The fourth-order valence-corrected chi connectivity index (χ4v) is 1.58. The molecule has 0 N–H and O–H groups in total. The number of methoxy groups -OCH3 is 1. The summed E-state index contributed by atoms with van der Waals surface area (Å²) in [6.07, 6.45) is 1.98. The molecule has 0 saturated carbocycles. The average Bonchev–Trinajstić information content (AvgIpc) is 2.81. The Bertz CT molecular complexity index is 607. The molecule has 2 rings (SSSR count). The zero-order chi connectivity index (χ0) is 13.1. The van der Waals surface area contributed by atoms with Crippen molar-refractivity contribution in [1.82, 2.24) is 19.7 Å². The van der Waals surface area contributed by atoms with Crippen LogP contribution in [-0.4, -0.2) is 26.8 Å². The summed E-state index contributed by atoms with van der Waals surface area (Å²) in [7, 11) is 1.36. The van der Waals surface area contributed by atoms with Crippen LogP contribution in [0.15, 0.2) is 15.6 Å². The maximum absolute atomic E-state index is 11.9. The van der Waals surface area contributed by atoms with E-state index in [0.29, 0.717) is 18.1 Å². The molecule has 0 amide bonds. The fraction of sp³-hybridized carbons (Fsp3) is 0.400. The normalized spacial score (nSPS) is 10.6. The molecule has 0 aromatic carbocycles. The number of aromatic nitrogens is 4. The summed E-state index contributed by atoms with van der Waals surface area (Å²) in [5.41, 5.74) is -0.395. The lowest BCUT2D eigenvalue weighted by atomic mass is 10.5. The van der Waals surface area contributed by atoms with Crippen molar-refractivity contribution in [3.05, 3.63) is 33.5 Å². The Morgan fingerprint density at radius 2 is 2.33 bits per heavy atom. The number of aryl methyl sites for hydroxylation is 1. The van der Waals surface area contributed by atoms with Crippen LogP contribution in [0, 0.1) is 0 Å². The van der Waals surface area contributed by atoms with Crippen LogP contribution in [0.3, 0.4) is 0 Å². The summed E-state index contributed by atoms with van der Waals surface area (Å²) in [5.74, 6) is 0.918. The van der Waals surface area contributed by atoms with E-state index in [4.69, 9.17) is 20.9 Å². The van der Waals surface area contributed by atoms with Crippen molar-refractivity contribution in [2.45, 2.75) is 19.9 Å². The topological polar surface area (TPSA) is 83.0 Å². The van der Waals surface area contributed by atoms with E-state index in [1.54, 1.807) is 0 Å². The Kier molecular flexibility index (Phi) is 3.61. The van der Waals surface area contributed by atoms with Crippen molar-refractivity contribution in [3.8, 4) is 5.75 Å². The van der Waals surface area contributed by atoms with Gasteiger partial charge in [-0.25, -0.2) is 4.98 Å². The van der Waals surface area contributed by atoms with E-state index in [1.165, 1.54) is 18.0 Å². The van der Waals surface area contributed by atoms with Gasteiger partial charge in [0.25, 0.3) is 5.56 Å². The molecule has 0 saturated heterocycles. The maximum Gasteiger partial charge on any atom is 0.297 e. The van der Waals surface area contributed by atoms with E-state index >= 15 is 0 Å². The van der Waals surface area contributed by atoms with Crippen molar-refractivity contribution in [3.63, 3.8) is 0 Å². The number of nitrogens with zero attached hydrogens (tertiary/aromatic N) is 4. The van der Waals surface area contributed by atoms with Gasteiger partial charge in [0.1, 0.15) is 6.54 Å². The van der Waals surface area contributed by atoms with Gasteiger partial charge in [-0.3, -0.25) is 9.36 Å². The zero-order valence-corrected chi connectivity index (χ0v) is 10.6. The van der Waals surface area contributed by atoms with Crippen molar-refractivity contribution in [1.29, 1.82) is 0 Å². The van der Waals surface area contributed by atoms with Crippen molar-refractivity contribution in [2.75, 3.05) is 7.11 Å². The minimum atomic E-state index is -0.395. The van der Waals surface area contributed by atoms with Gasteiger partial charge in [0, 0.05) is 6.42 Å². The molecular formula is C10H11ClN4O3. The third kappa shape index (κ3) is 2.35. The molecule has 96 valence electrons. The summed E-state index contributed by atoms with van der Waals surface area (Å²) in [6, 6.07) is 0. The predicted molar refractivity (Wildman–Crippen MR) is 62.8 cm³/mol. The first-order valence-electron chi connectivity index (χ1n) is 5.26. The van der Waals surface area contributed by atoms with Gasteiger partial charge in [0.05, 0.1) is 13.4 Å². The molecular weight excluding hydrogens is 260 g/mol. The fourth-order valence-electron chi connectivity index (χ4n) is 1.38. The van der Waals surface area contributed by atoms with Crippen molar-refractivity contribution >= 4 is 11.6 Å². The number of halogens is 1. The second kappa shape index (κ2) is 5.18. The van der Waals surface area contributed by atoms with Gasteiger partial charge in [0.2, 0.25) is 11.6 Å². The van der Waals surface area contributed by atoms with Crippen LogP contribution in [0.5, 0.6) is 5.75 Å². The van der Waals surface area contributed by atoms with Gasteiger partial charge < -0.3 is 9.26 Å². The molecule has 0 spiro atoms. The van der Waals surface area contributed by atoms with Crippen LogP contribution < -0.4 is 10.3 Å². The molecule has 2 aromatic heterocycles. The van der Waals surface area contributed by atoms with Crippen LogP contribution in [0.1, 0.15) is 18.6 Å². The maximum atomic E-state index is 11.9. The van der Waals surface area contributed by atoms with Crippen LogP contribution in [0.4, 0.5) is 0 Å². The number of rotatable bonds is 4. The average molecular weight is 271 g/mol. The lowest BCUT2D eigenvalue weighted by Gasteiger charge is -2.05. The van der Waals surface area contributed by atoms with Gasteiger partial charge in [-0.2, -0.15) is 4.98 Å². The molecule has 8 heteroatoms. The van der Waals surface area contributed by atoms with Crippen molar-refractivity contribution in [2.24, 2.45) is 0 Å². The lowest BCUT2D eigenvalue weighted by molar-refractivity contribution is 0.360. The second-order valence-corrected chi connectivity index (χ2v) is 3.82. The number of hydrogen-bond donors (Lipinski definition) is 0. The van der Waals surface area contributed by atoms with Gasteiger partial charge >= 0.3 is 0 Å². The highest BCUT2D eigenvalue weighted by atomic mass is 35.5. The SMILES string of the molecule is CCc1noc(Cn2cnc(Cl)c(OC)c2=O)n1. The Morgan fingerprint density at radius 3 is 2.94 bits per heavy atom. The molecule has 0 unspecified atom stereocenters. The van der Waals surface area contributed by atoms with E-state index in [9.17, 15) is 4.79 Å². The molecule has 0 aliphatic carbocycles. The van der Waals surface area contributed by atoms with Gasteiger partial charge in [-0.15, -0.1) is 0 Å².